The number of aromatic nitrogens is 6. The summed E-state index contributed by atoms with van der Waals surface area (Å²) >= 11 is 0. The molecule has 0 spiro atoms. The van der Waals surface area contributed by atoms with E-state index in [1.807, 2.05) is 0 Å². The molecule has 106 valence electrons. The molecule has 0 radical (unpaired) electrons. The number of hydrogen-bond donors (Lipinski definition) is 3. The minimum absolute atomic E-state index is 0.0617. The molecule has 20 heavy (non-hydrogen) atoms. The molecule has 1 aliphatic carbocycles. The van der Waals surface area contributed by atoms with Gasteiger partial charge in [-0.15, -0.1) is 0 Å². The smallest absolute Gasteiger partial charge is 0.258 e. The lowest BCUT2D eigenvalue weighted by Gasteiger charge is -2.40. The number of rotatable bonds is 5. The molecule has 0 atom stereocenters. The molecule has 2 heterocycles. The summed E-state index contributed by atoms with van der Waals surface area (Å²) in [6.45, 7) is 0.0617. The predicted molar refractivity (Wildman–Crippen MR) is 71.6 cm³/mol. The van der Waals surface area contributed by atoms with Crippen LogP contribution in [0.3, 0.4) is 0 Å². The fourth-order valence-electron chi connectivity index (χ4n) is 2.11. The Morgan fingerprint density at radius 3 is 2.65 bits per heavy atom. The Kier molecular flexibility index (Phi) is 3.18. The van der Waals surface area contributed by atoms with Crippen molar-refractivity contribution >= 4 is 11.9 Å². The molecular weight excluding hydrogens is 260 g/mol. The summed E-state index contributed by atoms with van der Waals surface area (Å²) in [6, 6.07) is 0. The molecule has 0 amide bonds. The fraction of sp³-hybridized carbons (Fsp3) is 0.545. The van der Waals surface area contributed by atoms with Gasteiger partial charge in [0.1, 0.15) is 12.7 Å². The number of nitrogens with zero attached hydrogens (tertiary/aromatic N) is 6. The van der Waals surface area contributed by atoms with E-state index in [-0.39, 0.29) is 12.1 Å². The predicted octanol–water partition coefficient (Wildman–Crippen LogP) is -0.179. The van der Waals surface area contributed by atoms with Gasteiger partial charge in [-0.3, -0.25) is 0 Å². The zero-order chi connectivity index (χ0) is 14.0. The van der Waals surface area contributed by atoms with Gasteiger partial charge in [0.2, 0.25) is 11.9 Å². The van der Waals surface area contributed by atoms with Crippen molar-refractivity contribution in [1.29, 1.82) is 0 Å². The van der Waals surface area contributed by atoms with Crippen LogP contribution in [0.5, 0.6) is 0 Å². The van der Waals surface area contributed by atoms with Crippen molar-refractivity contribution < 1.29 is 5.11 Å². The maximum absolute atomic E-state index is 9.50. The van der Waals surface area contributed by atoms with Crippen LogP contribution in [0.15, 0.2) is 12.7 Å². The van der Waals surface area contributed by atoms with Gasteiger partial charge in [0.05, 0.1) is 12.1 Å². The van der Waals surface area contributed by atoms with Crippen molar-refractivity contribution in [2.45, 2.75) is 24.8 Å². The quantitative estimate of drug-likeness (QED) is 0.689. The third-order valence-corrected chi connectivity index (χ3v) is 3.46. The van der Waals surface area contributed by atoms with Crippen molar-refractivity contribution in [2.75, 3.05) is 24.3 Å². The van der Waals surface area contributed by atoms with Crippen LogP contribution in [0.2, 0.25) is 0 Å². The Hall–Kier alpha value is -2.29. The number of nitrogens with one attached hydrogen (secondary N) is 2. The Labute approximate surface area is 115 Å². The van der Waals surface area contributed by atoms with Crippen LogP contribution in [0.1, 0.15) is 19.3 Å². The second-order valence-corrected chi connectivity index (χ2v) is 4.79. The van der Waals surface area contributed by atoms with Gasteiger partial charge in [-0.1, -0.05) is 0 Å². The summed E-state index contributed by atoms with van der Waals surface area (Å²) < 4.78 is 1.46. The molecule has 3 N–H and O–H groups in total. The highest BCUT2D eigenvalue weighted by atomic mass is 16.3. The lowest BCUT2D eigenvalue weighted by Crippen LogP contribution is -2.48. The van der Waals surface area contributed by atoms with E-state index in [0.717, 1.165) is 19.3 Å². The molecule has 3 rings (SSSR count). The van der Waals surface area contributed by atoms with Crippen molar-refractivity contribution in [3.63, 3.8) is 0 Å². The van der Waals surface area contributed by atoms with Crippen LogP contribution in [0.4, 0.5) is 11.9 Å². The highest BCUT2D eigenvalue weighted by molar-refractivity contribution is 5.40. The van der Waals surface area contributed by atoms with Crippen LogP contribution in [0, 0.1) is 0 Å². The minimum atomic E-state index is -0.313. The summed E-state index contributed by atoms with van der Waals surface area (Å²) in [5.74, 6) is 1.22. The number of aliphatic hydroxyl groups is 1. The minimum Gasteiger partial charge on any atom is -0.394 e. The molecule has 2 aromatic rings. The van der Waals surface area contributed by atoms with Gasteiger partial charge in [-0.25, -0.2) is 4.98 Å². The molecule has 0 bridgehead atoms. The fourth-order valence-corrected chi connectivity index (χ4v) is 2.11. The van der Waals surface area contributed by atoms with Crippen molar-refractivity contribution in [3.05, 3.63) is 12.7 Å². The van der Waals surface area contributed by atoms with E-state index >= 15 is 0 Å². The molecule has 1 saturated carbocycles. The van der Waals surface area contributed by atoms with Gasteiger partial charge in [0, 0.05) is 7.05 Å². The molecular formula is C11H16N8O. The normalized spacial score (nSPS) is 16.5. The highest BCUT2D eigenvalue weighted by Crippen LogP contribution is 2.34. The van der Waals surface area contributed by atoms with Crippen LogP contribution in [-0.4, -0.2) is 54.0 Å². The second kappa shape index (κ2) is 5.00. The van der Waals surface area contributed by atoms with E-state index in [9.17, 15) is 5.11 Å². The molecule has 1 fully saturated rings. The Balaban J connectivity index is 1.92. The van der Waals surface area contributed by atoms with Gasteiger partial charge < -0.3 is 15.7 Å². The Bertz CT molecular complexity index is 575. The lowest BCUT2D eigenvalue weighted by molar-refractivity contribution is 0.143. The standard InChI is InChI=1S/C11H16N8O/c1-12-8-15-9(18-11(5-20)3-2-4-11)17-10(16-8)19-7-13-6-14-19/h6-7,20H,2-5H2,1H3,(H2,12,15,16,17,18). The monoisotopic (exact) mass is 276 g/mol. The van der Waals surface area contributed by atoms with Crippen molar-refractivity contribution in [1.82, 2.24) is 29.7 Å². The van der Waals surface area contributed by atoms with Crippen molar-refractivity contribution in [3.8, 4) is 5.95 Å². The Morgan fingerprint density at radius 2 is 2.10 bits per heavy atom. The summed E-state index contributed by atoms with van der Waals surface area (Å²) in [7, 11) is 1.73. The highest BCUT2D eigenvalue weighted by Gasteiger charge is 2.37. The molecule has 9 nitrogen and oxygen atoms in total. The van der Waals surface area contributed by atoms with Gasteiger partial charge in [-0.05, 0) is 19.3 Å². The largest absolute Gasteiger partial charge is 0.394 e. The molecule has 1 aliphatic rings. The van der Waals surface area contributed by atoms with E-state index < -0.39 is 0 Å². The molecule has 0 unspecified atom stereocenters. The third-order valence-electron chi connectivity index (χ3n) is 3.46. The van der Waals surface area contributed by atoms with E-state index in [0.29, 0.717) is 17.8 Å². The zero-order valence-electron chi connectivity index (χ0n) is 11.1. The molecule has 0 saturated heterocycles. The first-order chi connectivity index (χ1) is 9.74. The van der Waals surface area contributed by atoms with Crippen LogP contribution in [-0.2, 0) is 0 Å². The van der Waals surface area contributed by atoms with Gasteiger partial charge >= 0.3 is 0 Å². The number of hydrogen-bond acceptors (Lipinski definition) is 8. The topological polar surface area (TPSA) is 114 Å². The summed E-state index contributed by atoms with van der Waals surface area (Å²) in [6.07, 6.45) is 5.83. The van der Waals surface area contributed by atoms with Gasteiger partial charge in [-0.2, -0.15) is 24.7 Å². The first kappa shape index (κ1) is 12.7. The van der Waals surface area contributed by atoms with E-state index in [1.165, 1.54) is 17.3 Å². The summed E-state index contributed by atoms with van der Waals surface area (Å²) in [5.41, 5.74) is -0.313. The second-order valence-electron chi connectivity index (χ2n) is 4.79. The number of anilines is 2. The van der Waals surface area contributed by atoms with Crippen LogP contribution in [0.25, 0.3) is 5.95 Å². The SMILES string of the molecule is CNc1nc(NC2(CO)CCC2)nc(-n2cncn2)n1. The van der Waals surface area contributed by atoms with Crippen LogP contribution >= 0.6 is 0 Å². The average molecular weight is 276 g/mol. The summed E-state index contributed by atoms with van der Waals surface area (Å²) in [5, 5.41) is 19.6. The van der Waals surface area contributed by atoms with Crippen molar-refractivity contribution in [2.24, 2.45) is 0 Å². The van der Waals surface area contributed by atoms with E-state index in [4.69, 9.17) is 0 Å². The van der Waals surface area contributed by atoms with Gasteiger partial charge in [0.15, 0.2) is 0 Å². The summed E-state index contributed by atoms with van der Waals surface area (Å²) in [4.78, 5) is 16.7. The lowest BCUT2D eigenvalue weighted by atomic mass is 9.77. The Morgan fingerprint density at radius 1 is 1.30 bits per heavy atom. The van der Waals surface area contributed by atoms with E-state index in [2.05, 4.69) is 35.7 Å². The van der Waals surface area contributed by atoms with Gasteiger partial charge in [0.25, 0.3) is 5.95 Å². The van der Waals surface area contributed by atoms with Crippen LogP contribution < -0.4 is 10.6 Å². The maximum atomic E-state index is 9.50. The molecule has 2 aromatic heterocycles. The zero-order valence-corrected chi connectivity index (χ0v) is 11.1. The first-order valence-corrected chi connectivity index (χ1v) is 6.42. The third kappa shape index (κ3) is 2.27. The molecule has 0 aromatic carbocycles. The first-order valence-electron chi connectivity index (χ1n) is 6.42. The molecule has 0 aliphatic heterocycles. The maximum Gasteiger partial charge on any atom is 0.258 e. The molecule has 9 heteroatoms. The number of aliphatic hydroxyl groups excluding tert-OH is 1. The average Bonchev–Trinajstić information content (AvgIpc) is 2.96. The van der Waals surface area contributed by atoms with E-state index in [1.54, 1.807) is 7.05 Å².